The molecular weight excluding hydrogens is 242 g/mol. The van der Waals surface area contributed by atoms with E-state index in [0.29, 0.717) is 31.1 Å². The molecule has 1 aliphatic heterocycles. The quantitative estimate of drug-likeness (QED) is 0.748. The number of aliphatic hydroxyl groups is 1. The number of nitrogens with zero attached hydrogens (tertiary/aromatic N) is 1. The molecule has 1 aromatic rings. The van der Waals surface area contributed by atoms with Gasteiger partial charge in [0.15, 0.2) is 5.13 Å². The summed E-state index contributed by atoms with van der Waals surface area (Å²) in [5, 5.41) is 17.1. The molecule has 94 valence electrons. The standard InChI is InChI=1S/C10H15N3O3S/c14-7-1-3-16-8(5-7)6-12-9(15)13-10-11-2-4-17-10/h2,4,7-8,14H,1,3,5-6H2,(H2,11,12,13,15)/t7-,8+/m1/s1. The number of amides is 2. The molecule has 17 heavy (non-hydrogen) atoms. The van der Waals surface area contributed by atoms with Crippen molar-refractivity contribution in [2.75, 3.05) is 18.5 Å². The summed E-state index contributed by atoms with van der Waals surface area (Å²) in [4.78, 5) is 15.4. The first kappa shape index (κ1) is 12.3. The maximum Gasteiger partial charge on any atom is 0.321 e. The molecule has 3 N–H and O–H groups in total. The van der Waals surface area contributed by atoms with Gasteiger partial charge in [-0.25, -0.2) is 9.78 Å². The minimum atomic E-state index is -0.322. The van der Waals surface area contributed by atoms with Crippen LogP contribution in [0.2, 0.25) is 0 Å². The monoisotopic (exact) mass is 257 g/mol. The van der Waals surface area contributed by atoms with Gasteiger partial charge in [0.25, 0.3) is 0 Å². The number of ether oxygens (including phenoxy) is 1. The van der Waals surface area contributed by atoms with Crippen LogP contribution >= 0.6 is 11.3 Å². The zero-order chi connectivity index (χ0) is 12.1. The van der Waals surface area contributed by atoms with Crippen molar-refractivity contribution in [2.45, 2.75) is 25.0 Å². The second-order valence-electron chi connectivity index (χ2n) is 3.84. The second-order valence-corrected chi connectivity index (χ2v) is 4.74. The van der Waals surface area contributed by atoms with Crippen molar-refractivity contribution < 1.29 is 14.6 Å². The Labute approximate surface area is 103 Å². The third-order valence-corrected chi connectivity index (χ3v) is 3.17. The van der Waals surface area contributed by atoms with Gasteiger partial charge in [0, 0.05) is 31.1 Å². The van der Waals surface area contributed by atoms with Crippen LogP contribution in [0.4, 0.5) is 9.93 Å². The maximum atomic E-state index is 11.5. The Morgan fingerprint density at radius 1 is 1.71 bits per heavy atom. The molecule has 1 fully saturated rings. The molecule has 0 radical (unpaired) electrons. The van der Waals surface area contributed by atoms with Gasteiger partial charge in [-0.15, -0.1) is 11.3 Å². The van der Waals surface area contributed by atoms with Crippen LogP contribution in [0.5, 0.6) is 0 Å². The van der Waals surface area contributed by atoms with Crippen LogP contribution in [0.15, 0.2) is 11.6 Å². The smallest absolute Gasteiger partial charge is 0.321 e. The van der Waals surface area contributed by atoms with E-state index >= 15 is 0 Å². The average molecular weight is 257 g/mol. The molecule has 0 unspecified atom stereocenters. The van der Waals surface area contributed by atoms with Crippen LogP contribution in [-0.2, 0) is 4.74 Å². The number of carbonyl (C=O) groups is 1. The summed E-state index contributed by atoms with van der Waals surface area (Å²) >= 11 is 1.36. The summed E-state index contributed by atoms with van der Waals surface area (Å²) < 4.78 is 5.42. The van der Waals surface area contributed by atoms with E-state index in [1.807, 2.05) is 0 Å². The molecule has 1 saturated heterocycles. The molecule has 0 aliphatic carbocycles. The topological polar surface area (TPSA) is 83.5 Å². The lowest BCUT2D eigenvalue weighted by atomic mass is 10.1. The normalized spacial score (nSPS) is 24.3. The van der Waals surface area contributed by atoms with Gasteiger partial charge < -0.3 is 15.2 Å². The van der Waals surface area contributed by atoms with Crippen LogP contribution in [0, 0.1) is 0 Å². The van der Waals surface area contributed by atoms with Gasteiger partial charge in [0.1, 0.15) is 0 Å². The molecule has 1 aromatic heterocycles. The lowest BCUT2D eigenvalue weighted by Crippen LogP contribution is -2.40. The number of carbonyl (C=O) groups excluding carboxylic acids is 1. The van der Waals surface area contributed by atoms with Gasteiger partial charge in [-0.05, 0) is 6.42 Å². The molecule has 2 heterocycles. The van der Waals surface area contributed by atoms with Gasteiger partial charge in [-0.2, -0.15) is 0 Å². The minimum Gasteiger partial charge on any atom is -0.393 e. The predicted molar refractivity (Wildman–Crippen MR) is 64.1 cm³/mol. The first-order valence-corrected chi connectivity index (χ1v) is 6.36. The van der Waals surface area contributed by atoms with Crippen molar-refractivity contribution in [3.63, 3.8) is 0 Å². The Morgan fingerprint density at radius 2 is 2.59 bits per heavy atom. The summed E-state index contributed by atoms with van der Waals surface area (Å²) in [7, 11) is 0. The van der Waals surface area contributed by atoms with Crippen LogP contribution in [-0.4, -0.2) is 41.5 Å². The third kappa shape index (κ3) is 3.95. The number of aliphatic hydroxyl groups excluding tert-OH is 1. The van der Waals surface area contributed by atoms with Crippen molar-refractivity contribution in [1.82, 2.24) is 10.3 Å². The zero-order valence-corrected chi connectivity index (χ0v) is 10.1. The predicted octanol–water partition coefficient (Wildman–Crippen LogP) is 0.804. The fourth-order valence-electron chi connectivity index (χ4n) is 1.64. The van der Waals surface area contributed by atoms with Crippen LogP contribution in [0.1, 0.15) is 12.8 Å². The zero-order valence-electron chi connectivity index (χ0n) is 9.26. The van der Waals surface area contributed by atoms with Crippen molar-refractivity contribution in [3.05, 3.63) is 11.6 Å². The molecule has 0 aromatic carbocycles. The Hall–Kier alpha value is -1.18. The van der Waals surface area contributed by atoms with Gasteiger partial charge in [0.2, 0.25) is 0 Å². The van der Waals surface area contributed by atoms with E-state index in [0.717, 1.165) is 0 Å². The number of nitrogens with one attached hydrogen (secondary N) is 2. The van der Waals surface area contributed by atoms with Gasteiger partial charge in [-0.3, -0.25) is 5.32 Å². The summed E-state index contributed by atoms with van der Waals surface area (Å²) in [6.07, 6.45) is 2.43. The lowest BCUT2D eigenvalue weighted by molar-refractivity contribution is -0.0405. The Bertz CT molecular complexity index is 358. The molecule has 2 atom stereocenters. The SMILES string of the molecule is O=C(NC[C@@H]1C[C@H](O)CCO1)Nc1nccs1. The number of aromatic nitrogens is 1. The van der Waals surface area contributed by atoms with Crippen LogP contribution in [0.3, 0.4) is 0 Å². The summed E-state index contributed by atoms with van der Waals surface area (Å²) in [6.45, 7) is 0.940. The Balaban J connectivity index is 1.69. The lowest BCUT2D eigenvalue weighted by Gasteiger charge is -2.26. The summed E-state index contributed by atoms with van der Waals surface area (Å²) in [5.74, 6) is 0. The maximum absolute atomic E-state index is 11.5. The van der Waals surface area contributed by atoms with Crippen molar-refractivity contribution >= 4 is 22.5 Å². The first-order chi connectivity index (χ1) is 8.24. The highest BCUT2D eigenvalue weighted by molar-refractivity contribution is 7.13. The number of hydrogen-bond donors (Lipinski definition) is 3. The summed E-state index contributed by atoms with van der Waals surface area (Å²) in [5.41, 5.74) is 0. The fourth-order valence-corrected chi connectivity index (χ4v) is 2.16. The molecule has 2 amide bonds. The van der Waals surface area contributed by atoms with Crippen molar-refractivity contribution in [1.29, 1.82) is 0 Å². The molecule has 0 saturated carbocycles. The van der Waals surface area contributed by atoms with E-state index in [2.05, 4.69) is 15.6 Å². The molecule has 2 rings (SSSR count). The van der Waals surface area contributed by atoms with Gasteiger partial charge in [-0.1, -0.05) is 0 Å². The molecule has 1 aliphatic rings. The molecule has 0 bridgehead atoms. The Kier molecular flexibility index (Phi) is 4.29. The fraction of sp³-hybridized carbons (Fsp3) is 0.600. The van der Waals surface area contributed by atoms with Crippen molar-refractivity contribution in [3.8, 4) is 0 Å². The second kappa shape index (κ2) is 5.95. The van der Waals surface area contributed by atoms with E-state index in [9.17, 15) is 9.90 Å². The van der Waals surface area contributed by atoms with E-state index in [-0.39, 0.29) is 18.2 Å². The van der Waals surface area contributed by atoms with Crippen LogP contribution in [0.25, 0.3) is 0 Å². The molecular formula is C10H15N3O3S. The first-order valence-electron chi connectivity index (χ1n) is 5.48. The van der Waals surface area contributed by atoms with E-state index in [4.69, 9.17) is 4.74 Å². The largest absolute Gasteiger partial charge is 0.393 e. The highest BCUT2D eigenvalue weighted by Crippen LogP contribution is 2.13. The highest BCUT2D eigenvalue weighted by atomic mass is 32.1. The molecule has 0 spiro atoms. The summed E-state index contributed by atoms with van der Waals surface area (Å²) in [6, 6.07) is -0.302. The van der Waals surface area contributed by atoms with Gasteiger partial charge in [0.05, 0.1) is 12.2 Å². The highest BCUT2D eigenvalue weighted by Gasteiger charge is 2.21. The third-order valence-electron chi connectivity index (χ3n) is 2.48. The van der Waals surface area contributed by atoms with E-state index < -0.39 is 0 Å². The number of hydrogen-bond acceptors (Lipinski definition) is 5. The average Bonchev–Trinajstić information content (AvgIpc) is 2.79. The molecule has 6 nitrogen and oxygen atoms in total. The van der Waals surface area contributed by atoms with E-state index in [1.54, 1.807) is 11.6 Å². The van der Waals surface area contributed by atoms with Crippen molar-refractivity contribution in [2.24, 2.45) is 0 Å². The number of rotatable bonds is 3. The minimum absolute atomic E-state index is 0.110. The number of urea groups is 1. The Morgan fingerprint density at radius 3 is 3.29 bits per heavy atom. The van der Waals surface area contributed by atoms with E-state index in [1.165, 1.54) is 11.3 Å². The number of thiazole rings is 1. The molecule has 7 heteroatoms. The van der Waals surface area contributed by atoms with Gasteiger partial charge >= 0.3 is 6.03 Å². The number of anilines is 1. The van der Waals surface area contributed by atoms with Crippen LogP contribution < -0.4 is 10.6 Å².